The number of carbonyl (C=O) groups is 1. The van der Waals surface area contributed by atoms with E-state index in [2.05, 4.69) is 53.4 Å². The number of carboxylic acids is 1. The van der Waals surface area contributed by atoms with Gasteiger partial charge in [-0.3, -0.25) is 0 Å². The van der Waals surface area contributed by atoms with Gasteiger partial charge in [-0.25, -0.2) is 14.8 Å². The number of ether oxygens (including phenoxy) is 1. The molecule has 0 bridgehead atoms. The molecule has 1 atom stereocenters. The summed E-state index contributed by atoms with van der Waals surface area (Å²) < 4.78 is 6.29. The zero-order valence-corrected chi connectivity index (χ0v) is 24.1. The fourth-order valence-corrected chi connectivity index (χ4v) is 7.91. The Kier molecular flexibility index (Phi) is 7.02. The van der Waals surface area contributed by atoms with Gasteiger partial charge in [0, 0.05) is 16.3 Å². The Morgan fingerprint density at radius 2 is 1.88 bits per heavy atom. The van der Waals surface area contributed by atoms with Crippen molar-refractivity contribution >= 4 is 23.3 Å². The van der Waals surface area contributed by atoms with Crippen LogP contribution < -0.4 is 10.1 Å². The number of aliphatic carboxylic acids is 1. The summed E-state index contributed by atoms with van der Waals surface area (Å²) in [6, 6.07) is 16.1. The molecule has 3 aliphatic carbocycles. The van der Waals surface area contributed by atoms with Crippen molar-refractivity contribution in [2.45, 2.75) is 88.0 Å². The van der Waals surface area contributed by atoms with E-state index in [1.807, 2.05) is 12.1 Å². The molecule has 40 heavy (non-hydrogen) atoms. The van der Waals surface area contributed by atoms with Crippen LogP contribution in [-0.2, 0) is 28.5 Å². The molecule has 1 spiro atoms. The van der Waals surface area contributed by atoms with Crippen LogP contribution in [0.1, 0.15) is 81.2 Å². The van der Waals surface area contributed by atoms with Gasteiger partial charge in [-0.1, -0.05) is 55.8 Å². The molecular weight excluding hydrogens is 522 g/mol. The average molecular weight is 560 g/mol. The smallest absolute Gasteiger partial charge is 0.329 e. The van der Waals surface area contributed by atoms with E-state index in [-0.39, 0.29) is 10.8 Å². The maximum atomic E-state index is 12.6. The van der Waals surface area contributed by atoms with Gasteiger partial charge in [-0.2, -0.15) is 0 Å². The molecule has 3 aliphatic rings. The molecule has 0 saturated heterocycles. The Labute approximate surface area is 241 Å². The normalized spacial score (nSPS) is 26.3. The lowest BCUT2D eigenvalue weighted by Gasteiger charge is -2.47. The van der Waals surface area contributed by atoms with E-state index in [1.165, 1.54) is 16.7 Å². The summed E-state index contributed by atoms with van der Waals surface area (Å²) in [5.41, 5.74) is 4.91. The van der Waals surface area contributed by atoms with E-state index in [9.17, 15) is 9.90 Å². The molecule has 7 heteroatoms. The van der Waals surface area contributed by atoms with Crippen molar-refractivity contribution < 1.29 is 14.6 Å². The average Bonchev–Trinajstić information content (AvgIpc) is 3.42. The maximum absolute atomic E-state index is 12.6. The number of nitrogens with one attached hydrogen (secondary N) is 1. The molecule has 6 rings (SSSR count). The van der Waals surface area contributed by atoms with Crippen molar-refractivity contribution in [2.75, 3.05) is 11.9 Å². The van der Waals surface area contributed by atoms with E-state index >= 15 is 0 Å². The molecule has 1 fully saturated rings. The molecule has 210 valence electrons. The van der Waals surface area contributed by atoms with Crippen molar-refractivity contribution in [3.05, 3.63) is 82.3 Å². The summed E-state index contributed by atoms with van der Waals surface area (Å²) in [5.74, 6) is 0.408. The molecule has 0 aliphatic heterocycles. The van der Waals surface area contributed by atoms with Gasteiger partial charge < -0.3 is 15.2 Å². The highest BCUT2D eigenvalue weighted by molar-refractivity contribution is 6.30. The third-order valence-electron chi connectivity index (χ3n) is 9.91. The van der Waals surface area contributed by atoms with Gasteiger partial charge in [0.25, 0.3) is 0 Å². The van der Waals surface area contributed by atoms with Gasteiger partial charge in [-0.15, -0.1) is 0 Å². The van der Waals surface area contributed by atoms with Gasteiger partial charge in [0.15, 0.2) is 0 Å². The number of aromatic nitrogens is 2. The monoisotopic (exact) mass is 559 g/mol. The molecule has 2 aromatic carbocycles. The van der Waals surface area contributed by atoms with Crippen molar-refractivity contribution in [1.29, 1.82) is 0 Å². The first kappa shape index (κ1) is 27.1. The zero-order chi connectivity index (χ0) is 28.0. The van der Waals surface area contributed by atoms with Crippen LogP contribution in [0.2, 0.25) is 5.02 Å². The molecule has 3 aromatic rings. The molecule has 6 nitrogen and oxygen atoms in total. The number of anilines is 1. The van der Waals surface area contributed by atoms with Crippen LogP contribution in [0, 0.1) is 5.92 Å². The Morgan fingerprint density at radius 3 is 2.65 bits per heavy atom. The minimum Gasteiger partial charge on any atom is -0.480 e. The van der Waals surface area contributed by atoms with E-state index in [1.54, 1.807) is 18.5 Å². The van der Waals surface area contributed by atoms with Gasteiger partial charge in [-0.05, 0) is 104 Å². The van der Waals surface area contributed by atoms with Crippen LogP contribution in [0.15, 0.2) is 54.9 Å². The molecule has 1 aromatic heterocycles. The van der Waals surface area contributed by atoms with Crippen LogP contribution in [-0.4, -0.2) is 33.2 Å². The van der Waals surface area contributed by atoms with Crippen molar-refractivity contribution in [3.63, 3.8) is 0 Å². The van der Waals surface area contributed by atoms with Crippen molar-refractivity contribution in [2.24, 2.45) is 5.92 Å². The Hall–Kier alpha value is -3.12. The number of hydrogen-bond acceptors (Lipinski definition) is 5. The van der Waals surface area contributed by atoms with Gasteiger partial charge in [0.1, 0.15) is 11.9 Å². The largest absolute Gasteiger partial charge is 0.480 e. The number of benzene rings is 2. The van der Waals surface area contributed by atoms with E-state index in [4.69, 9.17) is 16.3 Å². The number of rotatable bonds is 8. The SMILES string of the molecule is CC1(C)CCc2ncnc(OCCCC3Cc4ccccc4C34CCC(Nc3cccc(Cl)c3)(C(=O)O)CC4)c21. The molecule has 1 saturated carbocycles. The zero-order valence-electron chi connectivity index (χ0n) is 23.4. The lowest BCUT2D eigenvalue weighted by Crippen LogP contribution is -2.53. The number of aryl methyl sites for hydroxylation is 1. The summed E-state index contributed by atoms with van der Waals surface area (Å²) in [6.45, 7) is 5.12. The number of halogens is 1. The van der Waals surface area contributed by atoms with E-state index < -0.39 is 11.5 Å². The quantitative estimate of drug-likeness (QED) is 0.285. The predicted octanol–water partition coefficient (Wildman–Crippen LogP) is 7.13. The summed E-state index contributed by atoms with van der Waals surface area (Å²) in [5, 5.41) is 14.3. The molecule has 0 amide bonds. The number of nitrogens with zero attached hydrogens (tertiary/aromatic N) is 2. The molecule has 1 unspecified atom stereocenters. The topological polar surface area (TPSA) is 84.3 Å². The molecule has 1 heterocycles. The van der Waals surface area contributed by atoms with Crippen molar-refractivity contribution in [3.8, 4) is 5.88 Å². The highest BCUT2D eigenvalue weighted by Gasteiger charge is 2.53. The maximum Gasteiger partial charge on any atom is 0.329 e. The van der Waals surface area contributed by atoms with Gasteiger partial charge in [0.05, 0.1) is 12.3 Å². The molecular formula is C33H38ClN3O3. The number of carboxylic acid groups (broad SMARTS) is 1. The second-order valence-corrected chi connectivity index (χ2v) is 13.0. The first-order valence-electron chi connectivity index (χ1n) is 14.6. The number of fused-ring (bicyclic) bond motifs is 3. The van der Waals surface area contributed by atoms with Gasteiger partial charge in [0.2, 0.25) is 5.88 Å². The standard InChI is InChI=1S/C33H38ClN3O3/c1-31(2)13-12-27-28(31)29(36-21-35-27)40-18-6-8-23-19-22-7-3-4-11-26(22)32(23)14-16-33(17-15-32,30(38)39)37-25-10-5-9-24(34)20-25/h3-5,7,9-11,20-21,23,37H,6,8,12-19H2,1-2H3,(H,38,39). The van der Waals surface area contributed by atoms with Gasteiger partial charge >= 0.3 is 5.97 Å². The van der Waals surface area contributed by atoms with Crippen LogP contribution in [0.3, 0.4) is 0 Å². The number of hydrogen-bond donors (Lipinski definition) is 2. The summed E-state index contributed by atoms with van der Waals surface area (Å²) in [7, 11) is 0. The third kappa shape index (κ3) is 4.74. The lowest BCUT2D eigenvalue weighted by molar-refractivity contribution is -0.144. The Balaban J connectivity index is 1.17. The summed E-state index contributed by atoms with van der Waals surface area (Å²) in [6.07, 6.45) is 9.50. The predicted molar refractivity (Wildman–Crippen MR) is 157 cm³/mol. The first-order chi connectivity index (χ1) is 19.2. The second kappa shape index (κ2) is 10.4. The summed E-state index contributed by atoms with van der Waals surface area (Å²) in [4.78, 5) is 21.6. The van der Waals surface area contributed by atoms with Crippen LogP contribution in [0.25, 0.3) is 0 Å². The third-order valence-corrected chi connectivity index (χ3v) is 10.1. The molecule has 2 N–H and O–H groups in total. The van der Waals surface area contributed by atoms with Crippen molar-refractivity contribution in [1.82, 2.24) is 9.97 Å². The highest BCUT2D eigenvalue weighted by atomic mass is 35.5. The van der Waals surface area contributed by atoms with E-state index in [0.29, 0.717) is 30.4 Å². The Morgan fingerprint density at radius 1 is 1.07 bits per heavy atom. The van der Waals surface area contributed by atoms with Crippen LogP contribution in [0.4, 0.5) is 5.69 Å². The molecule has 0 radical (unpaired) electrons. The van der Waals surface area contributed by atoms with Crippen LogP contribution in [0.5, 0.6) is 5.88 Å². The van der Waals surface area contributed by atoms with Crippen LogP contribution >= 0.6 is 11.6 Å². The minimum absolute atomic E-state index is 0.0102. The summed E-state index contributed by atoms with van der Waals surface area (Å²) >= 11 is 6.20. The Bertz CT molecular complexity index is 1410. The first-order valence-corrected chi connectivity index (χ1v) is 14.9. The fraction of sp³-hybridized carbons (Fsp3) is 0.485. The second-order valence-electron chi connectivity index (χ2n) is 12.6. The fourth-order valence-electron chi connectivity index (χ4n) is 7.72. The lowest BCUT2D eigenvalue weighted by atomic mass is 9.60. The van der Waals surface area contributed by atoms with E-state index in [0.717, 1.165) is 62.2 Å². The minimum atomic E-state index is -0.999. The highest BCUT2D eigenvalue weighted by Crippen LogP contribution is 2.55.